The molecule has 0 fully saturated rings. The second-order valence-electron chi connectivity index (χ2n) is 7.59. The number of unbranched alkanes of at least 4 members (excludes halogenated alkanes) is 5. The SMILES string of the molecule is CCCC[N+](CCCC)(CCCC)CCCCCc1ccccc1.[Br-]. The molecule has 0 saturated carbocycles. The molecule has 0 heterocycles. The second kappa shape index (κ2) is 15.9. The van der Waals surface area contributed by atoms with Crippen LogP contribution in [0.4, 0.5) is 0 Å². The molecular weight excluding hydrogens is 370 g/mol. The molecule has 0 bridgehead atoms. The maximum absolute atomic E-state index is 2.34. The quantitative estimate of drug-likeness (QED) is 0.305. The fourth-order valence-electron chi connectivity index (χ4n) is 3.75. The van der Waals surface area contributed by atoms with Gasteiger partial charge in [0.05, 0.1) is 26.2 Å². The van der Waals surface area contributed by atoms with Crippen LogP contribution in [0.5, 0.6) is 0 Å². The van der Waals surface area contributed by atoms with Crippen LogP contribution in [0.25, 0.3) is 0 Å². The highest BCUT2D eigenvalue weighted by atomic mass is 79.9. The van der Waals surface area contributed by atoms with Crippen molar-refractivity contribution in [2.75, 3.05) is 26.2 Å². The zero-order valence-electron chi connectivity index (χ0n) is 17.1. The van der Waals surface area contributed by atoms with E-state index in [1.165, 1.54) is 100 Å². The Morgan fingerprint density at radius 1 is 0.600 bits per heavy atom. The standard InChI is InChI=1S/C23H42N.BrH/c1-4-7-19-24(20-8-5-2,21-9-6-3)22-15-11-14-18-23-16-12-10-13-17-23;/h10,12-13,16-17H,4-9,11,14-15,18-22H2,1-3H3;1H/q+1;/p-1. The third-order valence-electron chi connectivity index (χ3n) is 5.40. The van der Waals surface area contributed by atoms with Gasteiger partial charge in [0.2, 0.25) is 0 Å². The highest BCUT2D eigenvalue weighted by Gasteiger charge is 2.24. The van der Waals surface area contributed by atoms with Gasteiger partial charge in [0.15, 0.2) is 0 Å². The Balaban J connectivity index is 0.00000576. The Bertz CT molecular complexity index is 369. The minimum absolute atomic E-state index is 0. The highest BCUT2D eigenvalue weighted by molar-refractivity contribution is 5.14. The molecule has 0 aliphatic heterocycles. The highest BCUT2D eigenvalue weighted by Crippen LogP contribution is 2.17. The molecular formula is C23H42BrN. The fourth-order valence-corrected chi connectivity index (χ4v) is 3.75. The Kier molecular flexibility index (Phi) is 15.7. The molecule has 0 atom stereocenters. The van der Waals surface area contributed by atoms with Gasteiger partial charge >= 0.3 is 0 Å². The minimum atomic E-state index is 0. The topological polar surface area (TPSA) is 0 Å². The summed E-state index contributed by atoms with van der Waals surface area (Å²) in [6.07, 6.45) is 13.6. The summed E-state index contributed by atoms with van der Waals surface area (Å²) in [6.45, 7) is 12.7. The molecule has 1 nitrogen and oxygen atoms in total. The summed E-state index contributed by atoms with van der Waals surface area (Å²) in [4.78, 5) is 0. The number of rotatable bonds is 15. The van der Waals surface area contributed by atoms with Crippen LogP contribution in [0.3, 0.4) is 0 Å². The van der Waals surface area contributed by atoms with Crippen LogP contribution in [0, 0.1) is 0 Å². The monoisotopic (exact) mass is 411 g/mol. The average Bonchev–Trinajstić information content (AvgIpc) is 2.63. The van der Waals surface area contributed by atoms with Gasteiger partial charge < -0.3 is 21.5 Å². The Morgan fingerprint density at radius 3 is 1.56 bits per heavy atom. The summed E-state index contributed by atoms with van der Waals surface area (Å²) in [5.74, 6) is 0. The fraction of sp³-hybridized carbons (Fsp3) is 0.739. The van der Waals surface area contributed by atoms with Crippen LogP contribution >= 0.6 is 0 Å². The van der Waals surface area contributed by atoms with E-state index in [2.05, 4.69) is 51.1 Å². The summed E-state index contributed by atoms with van der Waals surface area (Å²) in [6, 6.07) is 11.0. The van der Waals surface area contributed by atoms with E-state index < -0.39 is 0 Å². The Morgan fingerprint density at radius 2 is 1.08 bits per heavy atom. The van der Waals surface area contributed by atoms with Gasteiger partial charge in [0.25, 0.3) is 0 Å². The maximum Gasteiger partial charge on any atom is 0.0786 e. The summed E-state index contributed by atoms with van der Waals surface area (Å²) in [7, 11) is 0. The molecule has 0 N–H and O–H groups in total. The molecule has 0 spiro atoms. The van der Waals surface area contributed by atoms with Crippen molar-refractivity contribution in [1.29, 1.82) is 0 Å². The molecule has 1 aromatic carbocycles. The van der Waals surface area contributed by atoms with Crippen molar-refractivity contribution in [2.45, 2.75) is 85.0 Å². The molecule has 0 radical (unpaired) electrons. The maximum atomic E-state index is 2.34. The van der Waals surface area contributed by atoms with Gasteiger partial charge in [0, 0.05) is 0 Å². The molecule has 0 amide bonds. The third-order valence-corrected chi connectivity index (χ3v) is 5.40. The summed E-state index contributed by atoms with van der Waals surface area (Å²) < 4.78 is 1.40. The Labute approximate surface area is 168 Å². The van der Waals surface area contributed by atoms with Crippen LogP contribution in [-0.2, 0) is 6.42 Å². The smallest absolute Gasteiger partial charge is 0.0786 e. The number of hydrogen-bond donors (Lipinski definition) is 0. The zero-order chi connectivity index (χ0) is 17.5. The first-order chi connectivity index (χ1) is 11.8. The average molecular weight is 412 g/mol. The normalized spacial score (nSPS) is 11.3. The zero-order valence-corrected chi connectivity index (χ0v) is 18.7. The van der Waals surface area contributed by atoms with E-state index in [1.54, 1.807) is 0 Å². The first kappa shape index (κ1) is 24.7. The minimum Gasteiger partial charge on any atom is -1.00 e. The lowest BCUT2D eigenvalue weighted by Gasteiger charge is -2.39. The first-order valence-corrected chi connectivity index (χ1v) is 10.7. The van der Waals surface area contributed by atoms with Gasteiger partial charge in [-0.3, -0.25) is 0 Å². The molecule has 0 aliphatic carbocycles. The first-order valence-electron chi connectivity index (χ1n) is 10.7. The Hall–Kier alpha value is -0.340. The van der Waals surface area contributed by atoms with Crippen molar-refractivity contribution in [1.82, 2.24) is 0 Å². The molecule has 1 rings (SSSR count). The van der Waals surface area contributed by atoms with Gasteiger partial charge in [-0.05, 0) is 50.5 Å². The van der Waals surface area contributed by atoms with Crippen molar-refractivity contribution >= 4 is 0 Å². The van der Waals surface area contributed by atoms with E-state index in [4.69, 9.17) is 0 Å². The van der Waals surface area contributed by atoms with Crippen LogP contribution < -0.4 is 17.0 Å². The van der Waals surface area contributed by atoms with Crippen LogP contribution in [0.2, 0.25) is 0 Å². The molecule has 146 valence electrons. The predicted octanol–water partition coefficient (Wildman–Crippen LogP) is 3.62. The lowest BCUT2D eigenvalue weighted by atomic mass is 10.1. The van der Waals surface area contributed by atoms with Crippen molar-refractivity contribution < 1.29 is 21.5 Å². The van der Waals surface area contributed by atoms with Crippen LogP contribution in [0.1, 0.15) is 84.1 Å². The number of aryl methyl sites for hydroxylation is 1. The van der Waals surface area contributed by atoms with E-state index in [0.717, 1.165) is 0 Å². The number of benzene rings is 1. The molecule has 0 aliphatic rings. The van der Waals surface area contributed by atoms with E-state index in [-0.39, 0.29) is 17.0 Å². The lowest BCUT2D eigenvalue weighted by molar-refractivity contribution is -0.929. The summed E-state index contributed by atoms with van der Waals surface area (Å²) >= 11 is 0. The number of quaternary nitrogens is 1. The number of hydrogen-bond acceptors (Lipinski definition) is 0. The summed E-state index contributed by atoms with van der Waals surface area (Å²) in [5.41, 5.74) is 1.50. The number of nitrogens with zero attached hydrogens (tertiary/aromatic N) is 1. The molecule has 25 heavy (non-hydrogen) atoms. The molecule has 1 aromatic rings. The van der Waals surface area contributed by atoms with Crippen molar-refractivity contribution in [3.05, 3.63) is 35.9 Å². The molecule has 0 saturated heterocycles. The van der Waals surface area contributed by atoms with Crippen molar-refractivity contribution in [3.63, 3.8) is 0 Å². The van der Waals surface area contributed by atoms with Gasteiger partial charge in [-0.25, -0.2) is 0 Å². The van der Waals surface area contributed by atoms with Crippen molar-refractivity contribution in [2.24, 2.45) is 0 Å². The number of halogens is 1. The van der Waals surface area contributed by atoms with Crippen LogP contribution in [0.15, 0.2) is 30.3 Å². The third kappa shape index (κ3) is 11.1. The van der Waals surface area contributed by atoms with E-state index >= 15 is 0 Å². The van der Waals surface area contributed by atoms with E-state index in [1.807, 2.05) is 0 Å². The second-order valence-corrected chi connectivity index (χ2v) is 7.59. The lowest BCUT2D eigenvalue weighted by Crippen LogP contribution is -3.00. The van der Waals surface area contributed by atoms with E-state index in [0.29, 0.717) is 0 Å². The van der Waals surface area contributed by atoms with Gasteiger partial charge in [0.1, 0.15) is 0 Å². The van der Waals surface area contributed by atoms with Gasteiger partial charge in [-0.15, -0.1) is 0 Å². The van der Waals surface area contributed by atoms with Crippen LogP contribution in [-0.4, -0.2) is 30.7 Å². The molecule has 2 heteroatoms. The predicted molar refractivity (Wildman–Crippen MR) is 108 cm³/mol. The van der Waals surface area contributed by atoms with Gasteiger partial charge in [-0.2, -0.15) is 0 Å². The largest absolute Gasteiger partial charge is 1.00 e. The van der Waals surface area contributed by atoms with Gasteiger partial charge in [-0.1, -0.05) is 70.4 Å². The molecule has 0 unspecified atom stereocenters. The van der Waals surface area contributed by atoms with Crippen molar-refractivity contribution in [3.8, 4) is 0 Å². The molecule has 0 aromatic heterocycles. The summed E-state index contributed by atoms with van der Waals surface area (Å²) in [5, 5.41) is 0. The van der Waals surface area contributed by atoms with E-state index in [9.17, 15) is 0 Å².